The minimum atomic E-state index is 0.135. The van der Waals surface area contributed by atoms with Crippen molar-refractivity contribution in [2.45, 2.75) is 13.3 Å². The van der Waals surface area contributed by atoms with Crippen LogP contribution in [0.3, 0.4) is 0 Å². The van der Waals surface area contributed by atoms with Crippen molar-refractivity contribution in [3.63, 3.8) is 0 Å². The Bertz CT molecular complexity index is 638. The summed E-state index contributed by atoms with van der Waals surface area (Å²) in [6, 6.07) is 12.6. The van der Waals surface area contributed by atoms with Gasteiger partial charge < -0.3 is 4.90 Å². The lowest BCUT2D eigenvalue weighted by Gasteiger charge is -2.32. The van der Waals surface area contributed by atoms with E-state index >= 15 is 0 Å². The van der Waals surface area contributed by atoms with Crippen LogP contribution in [-0.2, 0) is 4.79 Å². The third-order valence-corrected chi connectivity index (χ3v) is 4.55. The minimum absolute atomic E-state index is 0.135. The molecule has 98 valence electrons. The van der Waals surface area contributed by atoms with Crippen molar-refractivity contribution < 1.29 is 4.79 Å². The molecule has 0 saturated carbocycles. The van der Waals surface area contributed by atoms with E-state index in [0.717, 1.165) is 17.6 Å². The molecular formula is C16H16BrNO. The van der Waals surface area contributed by atoms with E-state index in [0.29, 0.717) is 12.2 Å². The lowest BCUT2D eigenvalue weighted by molar-refractivity contribution is -0.122. The standard InChI is InChI=1S/C16H16BrNO/c1-11-10-18(9-8-16(11)19)15-7-6-14(17)12-4-2-3-5-13(12)15/h2-7,11H,8-10H2,1H3. The number of halogens is 1. The Morgan fingerprint density at radius 1 is 1.16 bits per heavy atom. The van der Waals surface area contributed by atoms with E-state index in [1.54, 1.807) is 0 Å². The van der Waals surface area contributed by atoms with Gasteiger partial charge in [0.15, 0.2) is 0 Å². The van der Waals surface area contributed by atoms with Gasteiger partial charge in [-0.2, -0.15) is 0 Å². The van der Waals surface area contributed by atoms with Crippen LogP contribution in [-0.4, -0.2) is 18.9 Å². The second kappa shape index (κ2) is 4.97. The molecule has 2 aromatic carbocycles. The SMILES string of the molecule is CC1CN(c2ccc(Br)c3ccccc23)CCC1=O. The number of carbonyl (C=O) groups excluding carboxylic acids is 1. The maximum atomic E-state index is 11.7. The number of hydrogen-bond donors (Lipinski definition) is 0. The van der Waals surface area contributed by atoms with Gasteiger partial charge in [0, 0.05) is 41.0 Å². The van der Waals surface area contributed by atoms with Gasteiger partial charge in [-0.25, -0.2) is 0 Å². The average Bonchev–Trinajstić information content (AvgIpc) is 2.43. The Morgan fingerprint density at radius 2 is 1.89 bits per heavy atom. The minimum Gasteiger partial charge on any atom is -0.370 e. The van der Waals surface area contributed by atoms with Crippen molar-refractivity contribution in [3.8, 4) is 0 Å². The summed E-state index contributed by atoms with van der Waals surface area (Å²) in [5.41, 5.74) is 1.23. The molecule has 1 aliphatic heterocycles. The lowest BCUT2D eigenvalue weighted by Crippen LogP contribution is -2.39. The van der Waals surface area contributed by atoms with E-state index in [1.807, 2.05) is 6.92 Å². The van der Waals surface area contributed by atoms with E-state index < -0.39 is 0 Å². The third kappa shape index (κ3) is 2.27. The van der Waals surface area contributed by atoms with Gasteiger partial charge in [0.25, 0.3) is 0 Å². The van der Waals surface area contributed by atoms with Crippen LogP contribution in [0.4, 0.5) is 5.69 Å². The summed E-state index contributed by atoms with van der Waals surface area (Å²) in [4.78, 5) is 14.0. The largest absolute Gasteiger partial charge is 0.370 e. The first-order valence-electron chi connectivity index (χ1n) is 6.62. The smallest absolute Gasteiger partial charge is 0.139 e. The highest BCUT2D eigenvalue weighted by Gasteiger charge is 2.24. The van der Waals surface area contributed by atoms with Gasteiger partial charge in [-0.1, -0.05) is 47.1 Å². The van der Waals surface area contributed by atoms with Gasteiger partial charge in [-0.15, -0.1) is 0 Å². The highest BCUT2D eigenvalue weighted by atomic mass is 79.9. The zero-order chi connectivity index (χ0) is 13.4. The number of benzene rings is 2. The summed E-state index contributed by atoms with van der Waals surface area (Å²) >= 11 is 3.60. The van der Waals surface area contributed by atoms with Gasteiger partial charge in [-0.05, 0) is 17.5 Å². The van der Waals surface area contributed by atoms with E-state index in [1.165, 1.54) is 16.5 Å². The van der Waals surface area contributed by atoms with Crippen LogP contribution in [0.5, 0.6) is 0 Å². The first-order chi connectivity index (χ1) is 9.16. The number of hydrogen-bond acceptors (Lipinski definition) is 2. The van der Waals surface area contributed by atoms with Crippen molar-refractivity contribution in [1.82, 2.24) is 0 Å². The fourth-order valence-electron chi connectivity index (χ4n) is 2.76. The van der Waals surface area contributed by atoms with E-state index in [-0.39, 0.29) is 5.92 Å². The summed E-state index contributed by atoms with van der Waals surface area (Å²) in [6.07, 6.45) is 0.658. The number of Topliss-reactive ketones (excluding diaryl/α,β-unsaturated/α-hetero) is 1. The molecule has 0 aliphatic carbocycles. The molecule has 1 atom stereocenters. The monoisotopic (exact) mass is 317 g/mol. The van der Waals surface area contributed by atoms with Crippen LogP contribution in [0.2, 0.25) is 0 Å². The van der Waals surface area contributed by atoms with Crippen molar-refractivity contribution in [2.24, 2.45) is 5.92 Å². The molecule has 19 heavy (non-hydrogen) atoms. The summed E-state index contributed by atoms with van der Waals surface area (Å²) in [7, 11) is 0. The second-order valence-corrected chi connectivity index (χ2v) is 6.03. The Kier molecular flexibility index (Phi) is 3.31. The van der Waals surface area contributed by atoms with Crippen LogP contribution in [0.15, 0.2) is 40.9 Å². The molecule has 0 spiro atoms. The van der Waals surface area contributed by atoms with Crippen molar-refractivity contribution in [1.29, 1.82) is 0 Å². The van der Waals surface area contributed by atoms with Gasteiger partial charge in [0.05, 0.1) is 0 Å². The van der Waals surface area contributed by atoms with Gasteiger partial charge in [-0.3, -0.25) is 4.79 Å². The molecule has 1 unspecified atom stereocenters. The maximum Gasteiger partial charge on any atom is 0.139 e. The Labute approximate surface area is 121 Å². The molecule has 1 fully saturated rings. The van der Waals surface area contributed by atoms with Gasteiger partial charge >= 0.3 is 0 Å². The summed E-state index contributed by atoms with van der Waals surface area (Å²) in [5.74, 6) is 0.522. The molecule has 0 amide bonds. The van der Waals surface area contributed by atoms with Crippen LogP contribution in [0.1, 0.15) is 13.3 Å². The molecular weight excluding hydrogens is 302 g/mol. The van der Waals surface area contributed by atoms with Crippen LogP contribution >= 0.6 is 15.9 Å². The number of fused-ring (bicyclic) bond motifs is 1. The normalized spacial score (nSPS) is 20.0. The van der Waals surface area contributed by atoms with E-state index in [9.17, 15) is 4.79 Å². The highest BCUT2D eigenvalue weighted by Crippen LogP contribution is 2.33. The second-order valence-electron chi connectivity index (χ2n) is 5.18. The Hall–Kier alpha value is -1.35. The van der Waals surface area contributed by atoms with Gasteiger partial charge in [0.2, 0.25) is 0 Å². The number of nitrogens with zero attached hydrogens (tertiary/aromatic N) is 1. The molecule has 0 radical (unpaired) electrons. The van der Waals surface area contributed by atoms with Crippen molar-refractivity contribution in [2.75, 3.05) is 18.0 Å². The summed E-state index contributed by atoms with van der Waals surface area (Å²) in [6.45, 7) is 3.68. The Balaban J connectivity index is 2.06. The summed E-state index contributed by atoms with van der Waals surface area (Å²) in [5, 5.41) is 2.47. The first kappa shape index (κ1) is 12.7. The zero-order valence-electron chi connectivity index (χ0n) is 10.9. The maximum absolute atomic E-state index is 11.7. The molecule has 0 bridgehead atoms. The zero-order valence-corrected chi connectivity index (χ0v) is 12.5. The van der Waals surface area contributed by atoms with E-state index in [2.05, 4.69) is 57.2 Å². The topological polar surface area (TPSA) is 20.3 Å². The quantitative estimate of drug-likeness (QED) is 0.791. The average molecular weight is 318 g/mol. The molecule has 1 heterocycles. The summed E-state index contributed by atoms with van der Waals surface area (Å²) < 4.78 is 1.12. The van der Waals surface area contributed by atoms with Crippen LogP contribution < -0.4 is 4.90 Å². The molecule has 1 saturated heterocycles. The number of ketones is 1. The molecule has 1 aliphatic rings. The number of rotatable bonds is 1. The molecule has 0 aromatic heterocycles. The third-order valence-electron chi connectivity index (χ3n) is 3.86. The fraction of sp³-hybridized carbons (Fsp3) is 0.312. The van der Waals surface area contributed by atoms with Crippen LogP contribution in [0.25, 0.3) is 10.8 Å². The van der Waals surface area contributed by atoms with E-state index in [4.69, 9.17) is 0 Å². The molecule has 2 aromatic rings. The molecule has 0 N–H and O–H groups in total. The molecule has 3 rings (SSSR count). The van der Waals surface area contributed by atoms with Crippen molar-refractivity contribution >= 4 is 38.2 Å². The number of carbonyl (C=O) groups is 1. The highest BCUT2D eigenvalue weighted by molar-refractivity contribution is 9.10. The van der Waals surface area contributed by atoms with Crippen molar-refractivity contribution in [3.05, 3.63) is 40.9 Å². The predicted molar refractivity (Wildman–Crippen MR) is 82.6 cm³/mol. The first-order valence-corrected chi connectivity index (χ1v) is 7.41. The molecule has 2 nitrogen and oxygen atoms in total. The van der Waals surface area contributed by atoms with Crippen LogP contribution in [0, 0.1) is 5.92 Å². The lowest BCUT2D eigenvalue weighted by atomic mass is 9.97. The number of piperidine rings is 1. The van der Waals surface area contributed by atoms with Gasteiger partial charge in [0.1, 0.15) is 5.78 Å². The number of anilines is 1. The molecule has 3 heteroatoms. The Morgan fingerprint density at radius 3 is 2.63 bits per heavy atom. The predicted octanol–water partition coefficient (Wildman–Crippen LogP) is 4.02. The fourth-order valence-corrected chi connectivity index (χ4v) is 3.23.